The molecule has 1 fully saturated rings. The summed E-state index contributed by atoms with van der Waals surface area (Å²) < 4.78 is 13.2. The summed E-state index contributed by atoms with van der Waals surface area (Å²) in [4.78, 5) is 0. The van der Waals surface area contributed by atoms with Crippen LogP contribution in [-0.2, 0) is 0 Å². The predicted octanol–water partition coefficient (Wildman–Crippen LogP) is 3.48. The Hall–Kier alpha value is -0.890. The molecule has 0 spiro atoms. The van der Waals surface area contributed by atoms with Crippen LogP contribution in [0, 0.1) is 24.6 Å². The molecule has 2 atom stereocenters. The summed E-state index contributed by atoms with van der Waals surface area (Å²) in [5.74, 6) is 2.01. The Balaban J connectivity index is 1.83. The van der Waals surface area contributed by atoms with Crippen LogP contribution in [0.25, 0.3) is 0 Å². The summed E-state index contributed by atoms with van der Waals surface area (Å²) in [6, 6.07) is 5.54. The highest BCUT2D eigenvalue weighted by molar-refractivity contribution is 5.30. The van der Waals surface area contributed by atoms with Gasteiger partial charge in [0.2, 0.25) is 0 Å². The highest BCUT2D eigenvalue weighted by Crippen LogP contribution is 2.47. The van der Waals surface area contributed by atoms with Crippen LogP contribution in [0.5, 0.6) is 0 Å². The minimum atomic E-state index is -0.0936. The minimum absolute atomic E-state index is 0.0936. The van der Waals surface area contributed by atoms with E-state index >= 15 is 0 Å². The molecule has 2 unspecified atom stereocenters. The first-order valence-electron chi connectivity index (χ1n) is 6.54. The van der Waals surface area contributed by atoms with Gasteiger partial charge >= 0.3 is 0 Å². The molecular weight excluding hydrogens is 213 g/mol. The van der Waals surface area contributed by atoms with Crippen molar-refractivity contribution in [3.05, 3.63) is 35.1 Å². The molecule has 0 aromatic heterocycles. The van der Waals surface area contributed by atoms with Crippen LogP contribution in [0.15, 0.2) is 18.2 Å². The second-order valence-electron chi connectivity index (χ2n) is 5.66. The molecular formula is C15H22FN. The van der Waals surface area contributed by atoms with Gasteiger partial charge in [-0.25, -0.2) is 4.39 Å². The summed E-state index contributed by atoms with van der Waals surface area (Å²) >= 11 is 0. The zero-order valence-electron chi connectivity index (χ0n) is 11.0. The SMILES string of the molecule is Cc1cc(C2CC2CNCC(C)C)ccc1F. The number of benzene rings is 1. The summed E-state index contributed by atoms with van der Waals surface area (Å²) in [5, 5.41) is 3.50. The van der Waals surface area contributed by atoms with Crippen molar-refractivity contribution in [3.63, 3.8) is 0 Å². The number of aryl methyl sites for hydroxylation is 1. The van der Waals surface area contributed by atoms with Gasteiger partial charge in [-0.2, -0.15) is 0 Å². The van der Waals surface area contributed by atoms with Crippen LogP contribution in [-0.4, -0.2) is 13.1 Å². The van der Waals surface area contributed by atoms with Gasteiger partial charge in [0.15, 0.2) is 0 Å². The Morgan fingerprint density at radius 3 is 2.82 bits per heavy atom. The predicted molar refractivity (Wildman–Crippen MR) is 69.7 cm³/mol. The van der Waals surface area contributed by atoms with Gasteiger partial charge in [0.1, 0.15) is 5.82 Å². The zero-order valence-corrected chi connectivity index (χ0v) is 11.0. The van der Waals surface area contributed by atoms with E-state index in [9.17, 15) is 4.39 Å². The van der Waals surface area contributed by atoms with Crippen molar-refractivity contribution in [1.29, 1.82) is 0 Å². The van der Waals surface area contributed by atoms with E-state index in [1.54, 1.807) is 6.07 Å². The summed E-state index contributed by atoms with van der Waals surface area (Å²) in [5.41, 5.74) is 2.07. The average Bonchev–Trinajstić information content (AvgIpc) is 3.01. The summed E-state index contributed by atoms with van der Waals surface area (Å²) in [7, 11) is 0. The fraction of sp³-hybridized carbons (Fsp3) is 0.600. The molecule has 1 N–H and O–H groups in total. The molecule has 2 rings (SSSR count). The third kappa shape index (κ3) is 3.29. The van der Waals surface area contributed by atoms with Crippen molar-refractivity contribution < 1.29 is 4.39 Å². The van der Waals surface area contributed by atoms with Crippen molar-refractivity contribution in [2.75, 3.05) is 13.1 Å². The fourth-order valence-electron chi connectivity index (χ4n) is 2.34. The molecule has 0 amide bonds. The van der Waals surface area contributed by atoms with Gasteiger partial charge in [0.25, 0.3) is 0 Å². The maximum Gasteiger partial charge on any atom is 0.126 e. The van der Waals surface area contributed by atoms with Crippen molar-refractivity contribution in [2.24, 2.45) is 11.8 Å². The highest BCUT2D eigenvalue weighted by atomic mass is 19.1. The smallest absolute Gasteiger partial charge is 0.126 e. The maximum atomic E-state index is 13.2. The van der Waals surface area contributed by atoms with Crippen LogP contribution in [0.2, 0.25) is 0 Å². The molecule has 17 heavy (non-hydrogen) atoms. The normalized spacial score (nSPS) is 23.1. The topological polar surface area (TPSA) is 12.0 Å². The lowest BCUT2D eigenvalue weighted by molar-refractivity contribution is 0.532. The molecule has 1 saturated carbocycles. The van der Waals surface area contributed by atoms with Gasteiger partial charge in [0.05, 0.1) is 0 Å². The van der Waals surface area contributed by atoms with E-state index in [1.807, 2.05) is 19.1 Å². The third-order valence-electron chi connectivity index (χ3n) is 3.49. The minimum Gasteiger partial charge on any atom is -0.316 e. The number of rotatable bonds is 5. The first-order valence-corrected chi connectivity index (χ1v) is 6.54. The Morgan fingerprint density at radius 2 is 2.18 bits per heavy atom. The van der Waals surface area contributed by atoms with Crippen LogP contribution in [0.4, 0.5) is 4.39 Å². The lowest BCUT2D eigenvalue weighted by Crippen LogP contribution is -2.22. The summed E-state index contributed by atoms with van der Waals surface area (Å²) in [6.07, 6.45) is 1.25. The molecule has 94 valence electrons. The molecule has 0 bridgehead atoms. The Bertz CT molecular complexity index is 387. The second kappa shape index (κ2) is 5.18. The van der Waals surface area contributed by atoms with Crippen LogP contribution >= 0.6 is 0 Å². The molecule has 1 nitrogen and oxygen atoms in total. The largest absolute Gasteiger partial charge is 0.316 e. The molecule has 0 heterocycles. The van der Waals surface area contributed by atoms with E-state index in [1.165, 1.54) is 12.0 Å². The standard InChI is InChI=1S/C15H22FN/c1-10(2)8-17-9-13-7-14(13)12-4-5-15(16)11(3)6-12/h4-6,10,13-14,17H,7-9H2,1-3H3. The molecule has 0 radical (unpaired) electrons. The average molecular weight is 235 g/mol. The van der Waals surface area contributed by atoms with E-state index in [0.717, 1.165) is 24.6 Å². The van der Waals surface area contributed by atoms with Crippen molar-refractivity contribution in [3.8, 4) is 0 Å². The summed E-state index contributed by atoms with van der Waals surface area (Å²) in [6.45, 7) is 8.47. The van der Waals surface area contributed by atoms with Crippen LogP contribution < -0.4 is 5.32 Å². The van der Waals surface area contributed by atoms with Crippen molar-refractivity contribution in [1.82, 2.24) is 5.32 Å². The van der Waals surface area contributed by atoms with Crippen LogP contribution in [0.1, 0.15) is 37.3 Å². The van der Waals surface area contributed by atoms with Gasteiger partial charge in [-0.1, -0.05) is 26.0 Å². The third-order valence-corrected chi connectivity index (χ3v) is 3.49. The molecule has 1 aromatic rings. The molecule has 0 aliphatic heterocycles. The first-order chi connectivity index (χ1) is 8.08. The van der Waals surface area contributed by atoms with Gasteiger partial charge in [-0.3, -0.25) is 0 Å². The van der Waals surface area contributed by atoms with Gasteiger partial charge in [0, 0.05) is 0 Å². The van der Waals surface area contributed by atoms with Gasteiger partial charge < -0.3 is 5.32 Å². The molecule has 1 aromatic carbocycles. The Morgan fingerprint density at radius 1 is 1.41 bits per heavy atom. The monoisotopic (exact) mass is 235 g/mol. The lowest BCUT2D eigenvalue weighted by Gasteiger charge is -2.07. The van der Waals surface area contributed by atoms with Gasteiger partial charge in [-0.05, 0) is 61.4 Å². The fourth-order valence-corrected chi connectivity index (χ4v) is 2.34. The first kappa shape index (κ1) is 12.6. The Kier molecular flexibility index (Phi) is 3.82. The van der Waals surface area contributed by atoms with Crippen molar-refractivity contribution in [2.45, 2.75) is 33.1 Å². The van der Waals surface area contributed by atoms with E-state index in [-0.39, 0.29) is 5.82 Å². The molecule has 1 aliphatic carbocycles. The van der Waals surface area contributed by atoms with E-state index < -0.39 is 0 Å². The van der Waals surface area contributed by atoms with Crippen LogP contribution in [0.3, 0.4) is 0 Å². The molecule has 0 saturated heterocycles. The zero-order chi connectivity index (χ0) is 12.4. The number of hydrogen-bond acceptors (Lipinski definition) is 1. The van der Waals surface area contributed by atoms with Gasteiger partial charge in [-0.15, -0.1) is 0 Å². The number of halogens is 1. The van der Waals surface area contributed by atoms with E-state index in [4.69, 9.17) is 0 Å². The second-order valence-corrected chi connectivity index (χ2v) is 5.66. The van der Waals surface area contributed by atoms with Crippen molar-refractivity contribution >= 4 is 0 Å². The molecule has 2 heteroatoms. The lowest BCUT2D eigenvalue weighted by atomic mass is 10.1. The number of hydrogen-bond donors (Lipinski definition) is 1. The highest BCUT2D eigenvalue weighted by Gasteiger charge is 2.37. The number of nitrogens with one attached hydrogen (secondary N) is 1. The maximum absolute atomic E-state index is 13.2. The molecule has 1 aliphatic rings. The van der Waals surface area contributed by atoms with E-state index in [2.05, 4.69) is 19.2 Å². The van der Waals surface area contributed by atoms with E-state index in [0.29, 0.717) is 11.8 Å². The quantitative estimate of drug-likeness (QED) is 0.824. The Labute approximate surface area is 103 Å².